The third-order valence-electron chi connectivity index (χ3n) is 2.47. The minimum atomic E-state index is 1.06. The van der Waals surface area contributed by atoms with Crippen molar-refractivity contribution in [3.63, 3.8) is 0 Å². The van der Waals surface area contributed by atoms with Crippen molar-refractivity contribution < 1.29 is 4.44 Å². The molecule has 5 heteroatoms. The topological polar surface area (TPSA) is 16.8 Å². The smallest absolute Gasteiger partial charge is 0.0618 e. The molecule has 0 N–H and O–H groups in total. The van der Waals surface area contributed by atoms with Crippen molar-refractivity contribution in [1.29, 1.82) is 0 Å². The second kappa shape index (κ2) is 5.27. The lowest BCUT2D eigenvalue weighted by molar-refractivity contribution is -0.584. The Kier molecular flexibility index (Phi) is 3.50. The van der Waals surface area contributed by atoms with Crippen LogP contribution in [0.25, 0.3) is 16.3 Å². The normalized spacial score (nSPS) is 10.9. The van der Waals surface area contributed by atoms with Crippen molar-refractivity contribution in [2.75, 3.05) is 0 Å². The number of benzene rings is 2. The van der Waals surface area contributed by atoms with Crippen LogP contribution in [-0.4, -0.2) is 5.10 Å². The maximum absolute atomic E-state index is 4.64. The van der Waals surface area contributed by atoms with E-state index in [4.69, 9.17) is 0 Å². The van der Waals surface area contributed by atoms with Gasteiger partial charge in [0, 0.05) is 27.3 Å². The summed E-state index contributed by atoms with van der Waals surface area (Å²) in [6.45, 7) is 0. The van der Waals surface area contributed by atoms with Crippen LogP contribution in [0.4, 0.5) is 0 Å². The molecule has 0 saturated carbocycles. The van der Waals surface area contributed by atoms with Gasteiger partial charge in [0.1, 0.15) is 0 Å². The molecule has 0 amide bonds. The number of rotatable bonds is 2. The molecular weight excluding hydrogens is 327 g/mol. The second-order valence-corrected chi connectivity index (χ2v) is 6.77. The lowest BCUT2D eigenvalue weighted by atomic mass is 10.2. The van der Waals surface area contributed by atoms with Gasteiger partial charge in [-0.2, -0.15) is 0 Å². The van der Waals surface area contributed by atoms with E-state index >= 15 is 0 Å². The van der Waals surface area contributed by atoms with Crippen LogP contribution in [0.15, 0.2) is 59.1 Å². The fraction of sp³-hybridized carbons (Fsp3) is 0. The summed E-state index contributed by atoms with van der Waals surface area (Å²) in [6.07, 6.45) is 0. The highest BCUT2D eigenvalue weighted by atomic mass is 79.9. The second-order valence-electron chi connectivity index (χ2n) is 3.71. The van der Waals surface area contributed by atoms with Gasteiger partial charge in [-0.15, -0.1) is 0 Å². The minimum Gasteiger partial charge on any atom is -0.0618 e. The molecule has 2 nitrogen and oxygen atoms in total. The highest BCUT2D eigenvalue weighted by molar-refractivity contribution is 9.10. The van der Waals surface area contributed by atoms with Crippen molar-refractivity contribution in [3.8, 4) is 16.3 Å². The van der Waals surface area contributed by atoms with E-state index in [1.165, 1.54) is 0 Å². The van der Waals surface area contributed by atoms with E-state index in [2.05, 4.69) is 45.3 Å². The molecule has 0 atom stereocenters. The summed E-state index contributed by atoms with van der Waals surface area (Å²) in [6, 6.07) is 18.5. The highest BCUT2D eigenvalue weighted by Gasteiger charge is 2.14. The Morgan fingerprint density at radius 2 is 1.72 bits per heavy atom. The average molecular weight is 336 g/mol. The zero-order valence-electron chi connectivity index (χ0n) is 9.32. The van der Waals surface area contributed by atoms with Crippen LogP contribution in [0.1, 0.15) is 0 Å². The van der Waals surface area contributed by atoms with Gasteiger partial charge in [-0.25, -0.2) is 0 Å². The van der Waals surface area contributed by atoms with Gasteiger partial charge in [0.05, 0.1) is 0 Å². The first kappa shape index (κ1) is 12.0. The van der Waals surface area contributed by atoms with Crippen LogP contribution in [0, 0.1) is 0 Å². The van der Waals surface area contributed by atoms with Crippen molar-refractivity contribution in [2.45, 2.75) is 0 Å². The first-order valence-corrected chi connectivity index (χ1v) is 8.47. The summed E-state index contributed by atoms with van der Waals surface area (Å²) in [7, 11) is 2.86. The highest BCUT2D eigenvalue weighted by Crippen LogP contribution is 2.26. The molecule has 0 fully saturated rings. The minimum absolute atomic E-state index is 1.06. The maximum atomic E-state index is 4.64. The fourth-order valence-electron chi connectivity index (χ4n) is 1.57. The molecule has 2 aromatic carbocycles. The van der Waals surface area contributed by atoms with Gasteiger partial charge < -0.3 is 0 Å². The SMILES string of the molecule is Brc1ccc(-c2n[n+](-c3ccccc3)ps2)cc1. The van der Waals surface area contributed by atoms with Crippen molar-refractivity contribution in [3.05, 3.63) is 59.1 Å². The number of halogens is 1. The predicted molar refractivity (Wildman–Crippen MR) is 79.3 cm³/mol. The van der Waals surface area contributed by atoms with Crippen LogP contribution in [0.5, 0.6) is 0 Å². The first-order chi connectivity index (χ1) is 8.83. The van der Waals surface area contributed by atoms with Gasteiger partial charge >= 0.3 is 7.53 Å². The third kappa shape index (κ3) is 2.51. The van der Waals surface area contributed by atoms with Crippen LogP contribution in [-0.2, 0) is 0 Å². The number of para-hydroxylation sites is 1. The Bertz CT molecular complexity index is 652. The van der Waals surface area contributed by atoms with E-state index in [1.54, 1.807) is 10.9 Å². The number of hydrogen-bond acceptors (Lipinski definition) is 2. The molecule has 0 unspecified atom stereocenters. The molecule has 0 aliphatic rings. The monoisotopic (exact) mass is 335 g/mol. The van der Waals surface area contributed by atoms with E-state index < -0.39 is 0 Å². The summed E-state index contributed by atoms with van der Waals surface area (Å²) >= 11 is 3.44. The molecule has 3 aromatic rings. The summed E-state index contributed by atoms with van der Waals surface area (Å²) in [5.74, 6) is 0. The lowest BCUT2D eigenvalue weighted by Gasteiger charge is -1.92. The van der Waals surface area contributed by atoms with E-state index in [0.29, 0.717) is 0 Å². The average Bonchev–Trinajstić information content (AvgIpc) is 2.90. The fourth-order valence-corrected chi connectivity index (χ4v) is 4.04. The van der Waals surface area contributed by atoms with Gasteiger partial charge in [0.15, 0.2) is 0 Å². The molecule has 88 valence electrons. The van der Waals surface area contributed by atoms with Gasteiger partial charge in [-0.1, -0.05) is 46.3 Å². The van der Waals surface area contributed by atoms with Crippen molar-refractivity contribution in [1.82, 2.24) is 5.10 Å². The van der Waals surface area contributed by atoms with E-state index in [-0.39, 0.29) is 0 Å². The van der Waals surface area contributed by atoms with Gasteiger partial charge in [-0.3, -0.25) is 0 Å². The summed E-state index contributed by atoms with van der Waals surface area (Å²) in [5.41, 5.74) is 2.29. The molecule has 1 aromatic heterocycles. The first-order valence-electron chi connectivity index (χ1n) is 5.40. The zero-order valence-corrected chi connectivity index (χ0v) is 12.6. The van der Waals surface area contributed by atoms with Gasteiger partial charge in [0.25, 0.3) is 0 Å². The van der Waals surface area contributed by atoms with Gasteiger partial charge in [-0.05, 0) is 27.5 Å². The lowest BCUT2D eigenvalue weighted by Crippen LogP contribution is -2.27. The van der Waals surface area contributed by atoms with E-state index in [1.807, 2.05) is 34.8 Å². The summed E-state index contributed by atoms with van der Waals surface area (Å²) in [5, 5.41) is 5.71. The molecule has 3 rings (SSSR count). The molecule has 0 spiro atoms. The van der Waals surface area contributed by atoms with Crippen molar-refractivity contribution >= 4 is 34.4 Å². The molecule has 0 bridgehead atoms. The predicted octanol–water partition coefficient (Wildman–Crippen LogP) is 4.43. The quantitative estimate of drug-likeness (QED) is 0.677. The molecule has 1 heterocycles. The van der Waals surface area contributed by atoms with Gasteiger partial charge in [0.2, 0.25) is 10.7 Å². The van der Waals surface area contributed by atoms with E-state index in [9.17, 15) is 0 Å². The van der Waals surface area contributed by atoms with Crippen LogP contribution in [0.2, 0.25) is 0 Å². The van der Waals surface area contributed by atoms with Crippen molar-refractivity contribution in [2.24, 2.45) is 0 Å². The van der Waals surface area contributed by atoms with Crippen LogP contribution < -0.4 is 4.44 Å². The van der Waals surface area contributed by atoms with E-state index in [0.717, 1.165) is 28.3 Å². The Balaban J connectivity index is 1.97. The van der Waals surface area contributed by atoms with Crippen LogP contribution in [0.3, 0.4) is 0 Å². The molecule has 18 heavy (non-hydrogen) atoms. The Morgan fingerprint density at radius 3 is 2.44 bits per heavy atom. The maximum Gasteiger partial charge on any atom is 0.352 e. The molecule has 0 saturated heterocycles. The van der Waals surface area contributed by atoms with Crippen LogP contribution >= 0.6 is 34.4 Å². The Hall–Kier alpha value is -1.09. The molecule has 0 aliphatic carbocycles. The number of hydrogen-bond donors (Lipinski definition) is 0. The largest absolute Gasteiger partial charge is 0.352 e. The summed E-state index contributed by atoms with van der Waals surface area (Å²) in [4.78, 5) is 0. The Labute approximate surface area is 119 Å². The number of aromatic nitrogens is 2. The molecule has 0 radical (unpaired) electrons. The number of nitrogens with zero attached hydrogens (tertiary/aromatic N) is 2. The molecular formula is C13H9BrN2PS+. The molecule has 0 aliphatic heterocycles. The standard InChI is InChI=1S/C13H9BrN2PS/c14-11-8-6-10(7-9-11)13-15-16(17-18-13)12-4-2-1-3-5-12/h1-9H/q+1. The third-order valence-corrected chi connectivity index (χ3v) is 5.27. The Morgan fingerprint density at radius 1 is 1.00 bits per heavy atom. The zero-order chi connectivity index (χ0) is 12.4. The summed E-state index contributed by atoms with van der Waals surface area (Å²) < 4.78 is 3.09.